The van der Waals surface area contributed by atoms with Crippen molar-refractivity contribution < 1.29 is 9.90 Å². The van der Waals surface area contributed by atoms with Crippen molar-refractivity contribution in [3.8, 4) is 0 Å². The number of nitrogens with zero attached hydrogens (tertiary/aromatic N) is 1. The second-order valence-electron chi connectivity index (χ2n) is 4.44. The number of aryl methyl sites for hydroxylation is 1. The molecular weight excluding hydrogens is 238 g/mol. The second-order valence-corrected chi connectivity index (χ2v) is 4.85. The lowest BCUT2D eigenvalue weighted by molar-refractivity contribution is 0.0677. The van der Waals surface area contributed by atoms with Crippen molar-refractivity contribution in [1.82, 2.24) is 4.90 Å². The molecule has 17 heavy (non-hydrogen) atoms. The van der Waals surface area contributed by atoms with Crippen LogP contribution in [0.2, 0.25) is 5.02 Å². The molecule has 3 nitrogen and oxygen atoms in total. The van der Waals surface area contributed by atoms with Gasteiger partial charge in [0.05, 0.1) is 12.6 Å². The van der Waals surface area contributed by atoms with Crippen molar-refractivity contribution in [3.63, 3.8) is 0 Å². The topological polar surface area (TPSA) is 40.5 Å². The van der Waals surface area contributed by atoms with Crippen LogP contribution in [-0.4, -0.2) is 35.1 Å². The first-order valence-corrected chi connectivity index (χ1v) is 6.19. The Morgan fingerprint density at radius 1 is 1.59 bits per heavy atom. The highest BCUT2D eigenvalue weighted by Gasteiger charge is 2.28. The molecule has 1 fully saturated rings. The third-order valence-electron chi connectivity index (χ3n) is 3.25. The molecule has 1 aliphatic rings. The van der Waals surface area contributed by atoms with Gasteiger partial charge in [0, 0.05) is 17.1 Å². The molecule has 0 spiro atoms. The zero-order valence-electron chi connectivity index (χ0n) is 9.82. The van der Waals surface area contributed by atoms with Gasteiger partial charge in [-0.3, -0.25) is 4.79 Å². The van der Waals surface area contributed by atoms with Gasteiger partial charge in [0.2, 0.25) is 0 Å². The van der Waals surface area contributed by atoms with Gasteiger partial charge in [-0.2, -0.15) is 0 Å². The second kappa shape index (κ2) is 5.07. The molecule has 1 amide bonds. The third-order valence-corrected chi connectivity index (χ3v) is 3.68. The van der Waals surface area contributed by atoms with E-state index in [-0.39, 0.29) is 18.6 Å². The number of aliphatic hydroxyl groups is 1. The molecule has 0 aliphatic carbocycles. The Kier molecular flexibility index (Phi) is 3.69. The largest absolute Gasteiger partial charge is 0.394 e. The SMILES string of the molecule is Cc1cc(C(=O)N2CCC[C@@H]2CO)ccc1Cl. The Morgan fingerprint density at radius 3 is 3.00 bits per heavy atom. The Hall–Kier alpha value is -1.06. The number of benzene rings is 1. The van der Waals surface area contributed by atoms with Crippen LogP contribution in [0.15, 0.2) is 18.2 Å². The van der Waals surface area contributed by atoms with E-state index in [0.717, 1.165) is 24.9 Å². The van der Waals surface area contributed by atoms with Gasteiger partial charge in [0.1, 0.15) is 0 Å². The molecular formula is C13H16ClNO2. The quantitative estimate of drug-likeness (QED) is 0.878. The van der Waals surface area contributed by atoms with Crippen molar-refractivity contribution >= 4 is 17.5 Å². The van der Waals surface area contributed by atoms with E-state index in [1.54, 1.807) is 23.1 Å². The highest BCUT2D eigenvalue weighted by molar-refractivity contribution is 6.31. The van der Waals surface area contributed by atoms with Crippen molar-refractivity contribution in [2.75, 3.05) is 13.2 Å². The van der Waals surface area contributed by atoms with E-state index in [9.17, 15) is 9.90 Å². The van der Waals surface area contributed by atoms with Crippen LogP contribution in [-0.2, 0) is 0 Å². The van der Waals surface area contributed by atoms with Crippen LogP contribution in [0.4, 0.5) is 0 Å². The Balaban J connectivity index is 2.21. The summed E-state index contributed by atoms with van der Waals surface area (Å²) >= 11 is 5.94. The van der Waals surface area contributed by atoms with Crippen LogP contribution < -0.4 is 0 Å². The average molecular weight is 254 g/mol. The number of carbonyl (C=O) groups excluding carboxylic acids is 1. The number of halogens is 1. The Bertz CT molecular complexity index is 433. The molecule has 0 unspecified atom stereocenters. The molecule has 1 saturated heterocycles. The summed E-state index contributed by atoms with van der Waals surface area (Å²) in [5.41, 5.74) is 1.55. The summed E-state index contributed by atoms with van der Waals surface area (Å²) in [5.74, 6) is -0.0127. The van der Waals surface area contributed by atoms with Gasteiger partial charge in [0.25, 0.3) is 5.91 Å². The predicted molar refractivity (Wildman–Crippen MR) is 67.3 cm³/mol. The van der Waals surface area contributed by atoms with Gasteiger partial charge in [-0.1, -0.05) is 11.6 Å². The van der Waals surface area contributed by atoms with E-state index >= 15 is 0 Å². The molecule has 1 aromatic rings. The van der Waals surface area contributed by atoms with Crippen LogP contribution in [0.1, 0.15) is 28.8 Å². The summed E-state index contributed by atoms with van der Waals surface area (Å²) < 4.78 is 0. The minimum atomic E-state index is -0.0292. The zero-order chi connectivity index (χ0) is 12.4. The molecule has 1 aliphatic heterocycles. The average Bonchev–Trinajstić information content (AvgIpc) is 2.80. The molecule has 92 valence electrons. The van der Waals surface area contributed by atoms with Crippen LogP contribution in [0.5, 0.6) is 0 Å². The first kappa shape index (κ1) is 12.4. The number of amides is 1. The molecule has 0 saturated carbocycles. The minimum absolute atomic E-state index is 0.0127. The van der Waals surface area contributed by atoms with Gasteiger partial charge >= 0.3 is 0 Å². The number of carbonyl (C=O) groups is 1. The number of hydrogen-bond acceptors (Lipinski definition) is 2. The molecule has 0 bridgehead atoms. The Morgan fingerprint density at radius 2 is 2.35 bits per heavy atom. The fourth-order valence-corrected chi connectivity index (χ4v) is 2.35. The van der Waals surface area contributed by atoms with Crippen molar-refractivity contribution in [3.05, 3.63) is 34.3 Å². The lowest BCUT2D eigenvalue weighted by atomic mass is 10.1. The van der Waals surface area contributed by atoms with Crippen molar-refractivity contribution in [1.29, 1.82) is 0 Å². The number of rotatable bonds is 2. The number of likely N-dealkylation sites (tertiary alicyclic amines) is 1. The molecule has 0 aromatic heterocycles. The molecule has 4 heteroatoms. The van der Waals surface area contributed by atoms with E-state index in [1.165, 1.54) is 0 Å². The summed E-state index contributed by atoms with van der Waals surface area (Å²) in [5, 5.41) is 9.88. The smallest absolute Gasteiger partial charge is 0.254 e. The van der Waals surface area contributed by atoms with Crippen LogP contribution >= 0.6 is 11.6 Å². The maximum Gasteiger partial charge on any atom is 0.254 e. The predicted octanol–water partition coefficient (Wildman–Crippen LogP) is 2.25. The van der Waals surface area contributed by atoms with Gasteiger partial charge in [-0.05, 0) is 43.5 Å². The van der Waals surface area contributed by atoms with Crippen molar-refractivity contribution in [2.45, 2.75) is 25.8 Å². The van der Waals surface area contributed by atoms with E-state index in [4.69, 9.17) is 11.6 Å². The van der Waals surface area contributed by atoms with Gasteiger partial charge in [-0.15, -0.1) is 0 Å². The Labute approximate surface area is 106 Å². The summed E-state index contributed by atoms with van der Waals surface area (Å²) in [4.78, 5) is 14.0. The van der Waals surface area contributed by atoms with Crippen LogP contribution in [0, 0.1) is 6.92 Å². The van der Waals surface area contributed by atoms with Gasteiger partial charge < -0.3 is 10.0 Å². The molecule has 0 radical (unpaired) electrons. The zero-order valence-corrected chi connectivity index (χ0v) is 10.6. The van der Waals surface area contributed by atoms with Gasteiger partial charge in [-0.25, -0.2) is 0 Å². The standard InChI is InChI=1S/C13H16ClNO2/c1-9-7-10(4-5-12(9)14)13(17)15-6-2-3-11(15)8-16/h4-5,7,11,16H,2-3,6,8H2,1H3/t11-/m1/s1. The highest BCUT2D eigenvalue weighted by atomic mass is 35.5. The first-order valence-electron chi connectivity index (χ1n) is 5.81. The molecule has 2 rings (SSSR count). The third kappa shape index (κ3) is 2.45. The van der Waals surface area contributed by atoms with E-state index in [0.29, 0.717) is 10.6 Å². The number of aliphatic hydroxyl groups excluding tert-OH is 1. The van der Waals surface area contributed by atoms with Crippen LogP contribution in [0.25, 0.3) is 0 Å². The monoisotopic (exact) mass is 253 g/mol. The number of hydrogen-bond donors (Lipinski definition) is 1. The van der Waals surface area contributed by atoms with E-state index < -0.39 is 0 Å². The highest BCUT2D eigenvalue weighted by Crippen LogP contribution is 2.22. The summed E-state index contributed by atoms with van der Waals surface area (Å²) in [6.45, 7) is 2.65. The maximum atomic E-state index is 12.3. The molecule has 1 aromatic carbocycles. The first-order chi connectivity index (χ1) is 8.13. The normalized spacial score (nSPS) is 19.7. The fourth-order valence-electron chi connectivity index (χ4n) is 2.24. The van der Waals surface area contributed by atoms with E-state index in [2.05, 4.69) is 0 Å². The van der Waals surface area contributed by atoms with Crippen molar-refractivity contribution in [2.24, 2.45) is 0 Å². The lowest BCUT2D eigenvalue weighted by Gasteiger charge is -2.23. The lowest BCUT2D eigenvalue weighted by Crippen LogP contribution is -2.37. The fraction of sp³-hybridized carbons (Fsp3) is 0.462. The van der Waals surface area contributed by atoms with Gasteiger partial charge in [0.15, 0.2) is 0 Å². The van der Waals surface area contributed by atoms with E-state index in [1.807, 2.05) is 6.92 Å². The molecule has 1 heterocycles. The van der Waals surface area contributed by atoms with Crippen LogP contribution in [0.3, 0.4) is 0 Å². The summed E-state index contributed by atoms with van der Waals surface area (Å²) in [6.07, 6.45) is 1.85. The summed E-state index contributed by atoms with van der Waals surface area (Å²) in [6, 6.07) is 5.26. The minimum Gasteiger partial charge on any atom is -0.394 e. The maximum absolute atomic E-state index is 12.3. The molecule has 1 atom stereocenters. The molecule has 1 N–H and O–H groups in total. The summed E-state index contributed by atoms with van der Waals surface area (Å²) in [7, 11) is 0.